The zero-order valence-electron chi connectivity index (χ0n) is 18.7. The van der Waals surface area contributed by atoms with Crippen molar-refractivity contribution in [1.29, 1.82) is 0 Å². The Morgan fingerprint density at radius 2 is 1.78 bits per heavy atom. The van der Waals surface area contributed by atoms with Gasteiger partial charge in [0.05, 0.1) is 5.69 Å². The third kappa shape index (κ3) is 5.30. The molecule has 3 fully saturated rings. The van der Waals surface area contributed by atoms with E-state index in [1.807, 2.05) is 36.4 Å². The minimum absolute atomic E-state index is 0.103. The fourth-order valence-corrected chi connectivity index (χ4v) is 6.85. The minimum Gasteiger partial charge on any atom is -0.335 e. The predicted molar refractivity (Wildman–Crippen MR) is 134 cm³/mol. The summed E-state index contributed by atoms with van der Waals surface area (Å²) in [5.74, 6) is 1.35. The van der Waals surface area contributed by atoms with Gasteiger partial charge < -0.3 is 15.5 Å². The lowest BCUT2D eigenvalue weighted by molar-refractivity contribution is 0.180. The highest BCUT2D eigenvalue weighted by atomic mass is 32.2. The van der Waals surface area contributed by atoms with Crippen molar-refractivity contribution in [3.63, 3.8) is 0 Å². The molecule has 2 aromatic carbocycles. The number of fused-ring (bicyclic) bond motifs is 2. The Balaban J connectivity index is 1.04. The van der Waals surface area contributed by atoms with Crippen LogP contribution in [0.1, 0.15) is 25.7 Å². The second kappa shape index (κ2) is 10.3. The number of hydrogen-bond acceptors (Lipinski definition) is 4. The highest BCUT2D eigenvalue weighted by Crippen LogP contribution is 2.37. The largest absolute Gasteiger partial charge is 0.335 e. The van der Waals surface area contributed by atoms with Crippen LogP contribution in [-0.2, 0) is 0 Å². The number of rotatable bonds is 7. The number of carbonyl (C=O) groups is 1. The van der Waals surface area contributed by atoms with Crippen LogP contribution in [0.25, 0.3) is 11.1 Å². The monoisotopic (exact) mass is 450 g/mol. The first-order valence-corrected chi connectivity index (χ1v) is 13.1. The molecule has 3 heterocycles. The normalized spacial score (nSPS) is 24.0. The third-order valence-corrected chi connectivity index (χ3v) is 8.51. The second-order valence-corrected chi connectivity index (χ2v) is 10.7. The molecule has 0 aliphatic carbocycles. The summed E-state index contributed by atoms with van der Waals surface area (Å²) in [7, 11) is 0. The fraction of sp³-hybridized carbons (Fsp3) is 0.500. The van der Waals surface area contributed by atoms with Crippen LogP contribution in [0.4, 0.5) is 10.5 Å². The average Bonchev–Trinajstić information content (AvgIpc) is 3.45. The van der Waals surface area contributed by atoms with Gasteiger partial charge in [-0.1, -0.05) is 48.5 Å². The molecule has 3 aliphatic rings. The Hall–Kier alpha value is -2.02. The fourth-order valence-electron chi connectivity index (χ4n) is 5.36. The SMILES string of the molecule is O=C(Nc1ccccc1-c1ccccc1)NC1CCN(CCCN2C[C@@H]3C[C@@H]2CS3)CC1. The Morgan fingerprint density at radius 1 is 1.00 bits per heavy atom. The van der Waals surface area contributed by atoms with E-state index in [1.165, 1.54) is 38.2 Å². The molecule has 2 atom stereocenters. The number of anilines is 1. The maximum atomic E-state index is 12.7. The third-order valence-electron chi connectivity index (χ3n) is 7.12. The van der Waals surface area contributed by atoms with Crippen LogP contribution >= 0.6 is 11.8 Å². The van der Waals surface area contributed by atoms with Gasteiger partial charge in [-0.05, 0) is 50.4 Å². The number of benzene rings is 2. The van der Waals surface area contributed by atoms with Crippen LogP contribution in [0.15, 0.2) is 54.6 Å². The zero-order valence-corrected chi connectivity index (χ0v) is 19.5. The van der Waals surface area contributed by atoms with Gasteiger partial charge in [0.1, 0.15) is 0 Å². The summed E-state index contributed by atoms with van der Waals surface area (Å²) in [6.07, 6.45) is 4.74. The van der Waals surface area contributed by atoms with Gasteiger partial charge in [0, 0.05) is 48.3 Å². The number of thioether (sulfide) groups is 1. The Bertz CT molecular complexity index is 900. The number of likely N-dealkylation sites (tertiary alicyclic amines) is 2. The van der Waals surface area contributed by atoms with Crippen molar-refractivity contribution in [2.75, 3.05) is 43.8 Å². The highest BCUT2D eigenvalue weighted by molar-refractivity contribution is 8.00. The number of hydrogen-bond donors (Lipinski definition) is 2. The molecule has 0 spiro atoms. The molecule has 2 N–H and O–H groups in total. The maximum Gasteiger partial charge on any atom is 0.319 e. The molecule has 0 aromatic heterocycles. The molecule has 2 bridgehead atoms. The van der Waals surface area contributed by atoms with Crippen LogP contribution < -0.4 is 10.6 Å². The van der Waals surface area contributed by atoms with E-state index in [0.717, 1.165) is 54.0 Å². The van der Waals surface area contributed by atoms with Gasteiger partial charge in [-0.3, -0.25) is 4.90 Å². The minimum atomic E-state index is -0.103. The lowest BCUT2D eigenvalue weighted by Gasteiger charge is -2.33. The first-order chi connectivity index (χ1) is 15.7. The van der Waals surface area contributed by atoms with E-state index in [0.29, 0.717) is 0 Å². The molecular formula is C26H34N4OS. The van der Waals surface area contributed by atoms with Gasteiger partial charge in [0.15, 0.2) is 0 Å². The molecule has 0 saturated carbocycles. The van der Waals surface area contributed by atoms with Crippen molar-refractivity contribution >= 4 is 23.5 Å². The summed E-state index contributed by atoms with van der Waals surface area (Å²) in [5, 5.41) is 7.18. The second-order valence-electron chi connectivity index (χ2n) is 9.32. The van der Waals surface area contributed by atoms with Crippen molar-refractivity contribution < 1.29 is 4.79 Å². The van der Waals surface area contributed by atoms with Gasteiger partial charge in [-0.2, -0.15) is 11.8 Å². The van der Waals surface area contributed by atoms with Crippen molar-refractivity contribution in [2.24, 2.45) is 0 Å². The van der Waals surface area contributed by atoms with Crippen LogP contribution in [0.3, 0.4) is 0 Å². The van der Waals surface area contributed by atoms with Crippen LogP contribution in [0, 0.1) is 0 Å². The van der Waals surface area contributed by atoms with Gasteiger partial charge in [0.25, 0.3) is 0 Å². The van der Waals surface area contributed by atoms with Crippen LogP contribution in [-0.4, -0.2) is 71.6 Å². The molecule has 3 aliphatic heterocycles. The standard InChI is InChI=1S/C26H34N4OS/c31-26(28-25-10-5-4-9-24(25)20-7-2-1-3-8-20)27-21-11-15-29(16-12-21)13-6-14-30-18-23-17-22(30)19-32-23/h1-5,7-10,21-23H,6,11-19H2,(H2,27,28,31)/t22-,23+/m1/s1. The van der Waals surface area contributed by atoms with Crippen molar-refractivity contribution in [2.45, 2.75) is 43.0 Å². The number of nitrogens with zero attached hydrogens (tertiary/aromatic N) is 2. The number of carbonyl (C=O) groups excluding carboxylic acids is 1. The molecule has 5 nitrogen and oxygen atoms in total. The molecule has 3 saturated heterocycles. The van der Waals surface area contributed by atoms with Crippen molar-refractivity contribution in [1.82, 2.24) is 15.1 Å². The number of piperidine rings is 1. The van der Waals surface area contributed by atoms with Crippen molar-refractivity contribution in [3.8, 4) is 11.1 Å². The molecule has 32 heavy (non-hydrogen) atoms. The van der Waals surface area contributed by atoms with Crippen LogP contribution in [0.5, 0.6) is 0 Å². The summed E-state index contributed by atoms with van der Waals surface area (Å²) in [4.78, 5) is 18.0. The zero-order chi connectivity index (χ0) is 21.8. The summed E-state index contributed by atoms with van der Waals surface area (Å²) in [6, 6.07) is 19.2. The molecule has 5 rings (SSSR count). The Morgan fingerprint density at radius 3 is 2.53 bits per heavy atom. The average molecular weight is 451 g/mol. The van der Waals surface area contributed by atoms with Gasteiger partial charge >= 0.3 is 6.03 Å². The summed E-state index contributed by atoms with van der Waals surface area (Å²) in [6.45, 7) is 5.90. The molecule has 6 heteroatoms. The quantitative estimate of drug-likeness (QED) is 0.651. The number of urea groups is 1. The Labute approximate surface area is 195 Å². The van der Waals surface area contributed by atoms with E-state index >= 15 is 0 Å². The Kier molecular flexibility index (Phi) is 7.00. The lowest BCUT2D eigenvalue weighted by Crippen LogP contribution is -2.46. The molecule has 2 amide bonds. The van der Waals surface area contributed by atoms with Gasteiger partial charge in [0.2, 0.25) is 0 Å². The molecule has 170 valence electrons. The summed E-state index contributed by atoms with van der Waals surface area (Å²) < 4.78 is 0. The van der Waals surface area contributed by atoms with E-state index in [-0.39, 0.29) is 12.1 Å². The van der Waals surface area contributed by atoms with Gasteiger partial charge in [-0.15, -0.1) is 0 Å². The maximum absolute atomic E-state index is 12.7. The smallest absolute Gasteiger partial charge is 0.319 e. The van der Waals surface area contributed by atoms with Crippen molar-refractivity contribution in [3.05, 3.63) is 54.6 Å². The number of para-hydroxylation sites is 1. The summed E-state index contributed by atoms with van der Waals surface area (Å²) >= 11 is 2.17. The predicted octanol–water partition coefficient (Wildman–Crippen LogP) is 4.52. The van der Waals surface area contributed by atoms with Crippen LogP contribution in [0.2, 0.25) is 0 Å². The first kappa shape index (κ1) is 21.8. The molecule has 0 radical (unpaired) electrons. The van der Waals surface area contributed by atoms with Gasteiger partial charge in [-0.25, -0.2) is 4.79 Å². The lowest BCUT2D eigenvalue weighted by atomic mass is 10.0. The molecule has 2 aromatic rings. The number of amides is 2. The first-order valence-electron chi connectivity index (χ1n) is 12.0. The summed E-state index contributed by atoms with van der Waals surface area (Å²) in [5.41, 5.74) is 3.00. The van der Waals surface area contributed by atoms with E-state index in [1.54, 1.807) is 0 Å². The molecule has 0 unspecified atom stereocenters. The highest BCUT2D eigenvalue weighted by Gasteiger charge is 2.37. The number of nitrogens with one attached hydrogen (secondary N) is 2. The van der Waals surface area contributed by atoms with E-state index in [9.17, 15) is 4.79 Å². The topological polar surface area (TPSA) is 47.6 Å². The molecular weight excluding hydrogens is 416 g/mol. The van der Waals surface area contributed by atoms with E-state index < -0.39 is 0 Å². The van der Waals surface area contributed by atoms with E-state index in [2.05, 4.69) is 50.4 Å². The van der Waals surface area contributed by atoms with E-state index in [4.69, 9.17) is 0 Å².